The Morgan fingerprint density at radius 3 is 2.76 bits per heavy atom. The van der Waals surface area contributed by atoms with E-state index in [-0.39, 0.29) is 18.8 Å². The fourth-order valence-corrected chi connectivity index (χ4v) is 3.97. The molecule has 0 N–H and O–H groups in total. The maximum Gasteiger partial charge on any atom is 0.231 e. The third-order valence-corrected chi connectivity index (χ3v) is 5.12. The minimum atomic E-state index is -0.130. The molecule has 25 heavy (non-hydrogen) atoms. The summed E-state index contributed by atoms with van der Waals surface area (Å²) in [6.07, 6.45) is 1.52. The fourth-order valence-electron chi connectivity index (χ4n) is 3.97. The van der Waals surface area contributed by atoms with Crippen molar-refractivity contribution >= 4 is 11.0 Å². The third kappa shape index (κ3) is 1.64. The van der Waals surface area contributed by atoms with Crippen molar-refractivity contribution in [2.75, 3.05) is 20.5 Å². The van der Waals surface area contributed by atoms with Crippen LogP contribution in [-0.2, 0) is 0 Å². The largest absolute Gasteiger partial charge is 0.490 e. The summed E-state index contributed by atoms with van der Waals surface area (Å²) >= 11 is 0. The Kier molecular flexibility index (Phi) is 2.41. The van der Waals surface area contributed by atoms with Crippen molar-refractivity contribution in [2.24, 2.45) is 0 Å². The zero-order valence-electron chi connectivity index (χ0n) is 13.4. The Balaban J connectivity index is 1.52. The van der Waals surface area contributed by atoms with Gasteiger partial charge in [-0.3, -0.25) is 0 Å². The number of benzene rings is 2. The van der Waals surface area contributed by atoms with Crippen molar-refractivity contribution in [3.8, 4) is 28.7 Å². The second-order valence-electron chi connectivity index (χ2n) is 6.37. The Hall–Kier alpha value is -3.02. The van der Waals surface area contributed by atoms with Crippen LogP contribution in [0.25, 0.3) is 11.0 Å². The highest BCUT2D eigenvalue weighted by atomic mass is 16.7. The van der Waals surface area contributed by atoms with Gasteiger partial charge < -0.3 is 28.1 Å². The molecule has 0 spiro atoms. The Morgan fingerprint density at radius 1 is 1.00 bits per heavy atom. The van der Waals surface area contributed by atoms with E-state index in [2.05, 4.69) is 6.07 Å². The van der Waals surface area contributed by atoms with Gasteiger partial charge in [0.2, 0.25) is 12.5 Å². The van der Waals surface area contributed by atoms with E-state index in [0.29, 0.717) is 23.7 Å². The first-order valence-corrected chi connectivity index (χ1v) is 8.14. The van der Waals surface area contributed by atoms with Crippen molar-refractivity contribution in [3.05, 3.63) is 41.7 Å². The number of methoxy groups -OCH3 is 1. The minimum absolute atomic E-state index is 0.103. The van der Waals surface area contributed by atoms with Crippen LogP contribution >= 0.6 is 0 Å². The monoisotopic (exact) mass is 338 g/mol. The number of hydrogen-bond donors (Lipinski definition) is 0. The molecule has 2 atom stereocenters. The molecule has 3 aliphatic rings. The lowest BCUT2D eigenvalue weighted by Gasteiger charge is -2.28. The molecule has 0 radical (unpaired) electrons. The Bertz CT molecular complexity index is 1020. The second-order valence-corrected chi connectivity index (χ2v) is 6.37. The van der Waals surface area contributed by atoms with Crippen LogP contribution in [0.4, 0.5) is 0 Å². The summed E-state index contributed by atoms with van der Waals surface area (Å²) in [5.74, 6) is 3.72. The predicted molar refractivity (Wildman–Crippen MR) is 86.9 cm³/mol. The first kappa shape index (κ1) is 13.3. The maximum atomic E-state index is 6.29. The van der Waals surface area contributed by atoms with Crippen LogP contribution < -0.4 is 23.7 Å². The summed E-state index contributed by atoms with van der Waals surface area (Å²) in [7, 11) is 1.62. The lowest BCUT2D eigenvalue weighted by Crippen LogP contribution is -2.23. The lowest BCUT2D eigenvalue weighted by molar-refractivity contribution is 0.135. The van der Waals surface area contributed by atoms with E-state index >= 15 is 0 Å². The molecule has 126 valence electrons. The van der Waals surface area contributed by atoms with Crippen molar-refractivity contribution in [2.45, 2.75) is 12.0 Å². The molecule has 1 aromatic heterocycles. The summed E-state index contributed by atoms with van der Waals surface area (Å²) in [5, 5.41) is 0.966. The van der Waals surface area contributed by atoms with Crippen molar-refractivity contribution in [1.82, 2.24) is 0 Å². The molecular weight excluding hydrogens is 324 g/mol. The van der Waals surface area contributed by atoms with Crippen molar-refractivity contribution in [3.63, 3.8) is 0 Å². The molecular formula is C19H14O6. The quantitative estimate of drug-likeness (QED) is 0.673. The van der Waals surface area contributed by atoms with Gasteiger partial charge in [0, 0.05) is 22.6 Å². The minimum Gasteiger partial charge on any atom is -0.490 e. The van der Waals surface area contributed by atoms with Crippen LogP contribution in [0.5, 0.6) is 28.7 Å². The molecule has 6 heteroatoms. The normalized spacial score (nSPS) is 22.0. The number of ether oxygens (including phenoxy) is 5. The number of rotatable bonds is 1. The Labute approximate surface area is 142 Å². The first-order valence-electron chi connectivity index (χ1n) is 8.14. The predicted octanol–water partition coefficient (Wildman–Crippen LogP) is 3.78. The number of furan rings is 1. The average molecular weight is 338 g/mol. The molecule has 4 heterocycles. The molecule has 0 fully saturated rings. The van der Waals surface area contributed by atoms with E-state index in [1.807, 2.05) is 18.2 Å². The van der Waals surface area contributed by atoms with E-state index in [1.165, 1.54) is 0 Å². The van der Waals surface area contributed by atoms with E-state index in [4.69, 9.17) is 28.1 Å². The number of hydrogen-bond acceptors (Lipinski definition) is 6. The van der Waals surface area contributed by atoms with Gasteiger partial charge in [0.25, 0.3) is 0 Å². The van der Waals surface area contributed by atoms with Gasteiger partial charge in [-0.15, -0.1) is 0 Å². The first-order chi connectivity index (χ1) is 12.3. The highest BCUT2D eigenvalue weighted by molar-refractivity contribution is 5.88. The van der Waals surface area contributed by atoms with Gasteiger partial charge in [-0.1, -0.05) is 0 Å². The third-order valence-electron chi connectivity index (χ3n) is 5.12. The summed E-state index contributed by atoms with van der Waals surface area (Å²) in [6.45, 7) is 0.758. The molecule has 6 nitrogen and oxygen atoms in total. The molecule has 0 saturated carbocycles. The van der Waals surface area contributed by atoms with Gasteiger partial charge in [0.1, 0.15) is 11.9 Å². The SMILES string of the molecule is COc1c2c(cc3ccoc13)[C@H]1Oc3cc4c(cc3[C@H]1CO2)OCO4. The summed E-state index contributed by atoms with van der Waals surface area (Å²) < 4.78 is 34.4. The van der Waals surface area contributed by atoms with Crippen LogP contribution in [-0.4, -0.2) is 20.5 Å². The summed E-state index contributed by atoms with van der Waals surface area (Å²) in [6, 6.07) is 7.88. The number of fused-ring (bicyclic) bond motifs is 7. The van der Waals surface area contributed by atoms with Crippen LogP contribution in [0.3, 0.4) is 0 Å². The maximum absolute atomic E-state index is 6.29. The van der Waals surface area contributed by atoms with Crippen molar-refractivity contribution < 1.29 is 28.1 Å². The lowest BCUT2D eigenvalue weighted by atomic mass is 9.88. The molecule has 0 bridgehead atoms. The Morgan fingerprint density at radius 2 is 1.88 bits per heavy atom. The molecule has 3 aromatic rings. The standard InChI is InChI=1S/C19H14O6/c1-20-19-16-9(2-3-21-16)4-11-17-12(7-22-18(11)19)10-5-14-15(24-8-23-14)6-13(10)25-17/h2-6,12,17H,7-8H2,1H3/t12-,17-/m1/s1. The van der Waals surface area contributed by atoms with E-state index in [9.17, 15) is 0 Å². The van der Waals surface area contributed by atoms with Gasteiger partial charge in [-0.25, -0.2) is 0 Å². The molecule has 0 saturated heterocycles. The van der Waals surface area contributed by atoms with Gasteiger partial charge in [-0.05, 0) is 18.2 Å². The molecule has 0 unspecified atom stereocenters. The van der Waals surface area contributed by atoms with Crippen LogP contribution in [0.1, 0.15) is 23.1 Å². The molecule has 2 aromatic carbocycles. The van der Waals surface area contributed by atoms with E-state index in [0.717, 1.165) is 33.8 Å². The molecule has 6 rings (SSSR count). The second kappa shape index (κ2) is 4.53. The fraction of sp³-hybridized carbons (Fsp3) is 0.263. The highest BCUT2D eigenvalue weighted by Crippen LogP contribution is 2.56. The smallest absolute Gasteiger partial charge is 0.231 e. The average Bonchev–Trinajstić information content (AvgIpc) is 3.34. The topological polar surface area (TPSA) is 59.3 Å². The van der Waals surface area contributed by atoms with Gasteiger partial charge in [0.05, 0.1) is 25.9 Å². The van der Waals surface area contributed by atoms with E-state index in [1.54, 1.807) is 13.4 Å². The molecule has 0 amide bonds. The van der Waals surface area contributed by atoms with Crippen LogP contribution in [0.2, 0.25) is 0 Å². The zero-order valence-corrected chi connectivity index (χ0v) is 13.4. The summed E-state index contributed by atoms with van der Waals surface area (Å²) in [4.78, 5) is 0. The van der Waals surface area contributed by atoms with Gasteiger partial charge in [0.15, 0.2) is 22.8 Å². The summed E-state index contributed by atoms with van der Waals surface area (Å²) in [5.41, 5.74) is 2.75. The van der Waals surface area contributed by atoms with Gasteiger partial charge in [-0.2, -0.15) is 0 Å². The van der Waals surface area contributed by atoms with Crippen LogP contribution in [0.15, 0.2) is 34.9 Å². The zero-order chi connectivity index (χ0) is 16.5. The molecule has 3 aliphatic heterocycles. The van der Waals surface area contributed by atoms with Crippen LogP contribution in [0, 0.1) is 0 Å². The van der Waals surface area contributed by atoms with E-state index < -0.39 is 0 Å². The van der Waals surface area contributed by atoms with Gasteiger partial charge >= 0.3 is 0 Å². The highest BCUT2D eigenvalue weighted by Gasteiger charge is 2.43. The van der Waals surface area contributed by atoms with Crippen molar-refractivity contribution in [1.29, 1.82) is 0 Å². The molecule has 0 aliphatic carbocycles.